The number of aromatic nitrogens is 1. The largest absolute Gasteiger partial charge is 0.384 e. The Hall–Kier alpha value is -1.14. The summed E-state index contributed by atoms with van der Waals surface area (Å²) in [4.78, 5) is 4.60. The number of nitrogens with one attached hydrogen (secondary N) is 1. The van der Waals surface area contributed by atoms with Gasteiger partial charge in [-0.15, -0.1) is 0 Å². The molecule has 0 amide bonds. The predicted molar refractivity (Wildman–Crippen MR) is 78.6 cm³/mol. The molecule has 0 aliphatic carbocycles. The Labute approximate surface area is 123 Å². The summed E-state index contributed by atoms with van der Waals surface area (Å²) in [5.74, 6) is 5.57. The molecule has 110 valence electrons. The number of hydrogen-bond acceptors (Lipinski definition) is 5. The van der Waals surface area contributed by atoms with E-state index in [0.717, 1.165) is 24.2 Å². The third-order valence-corrected chi connectivity index (χ3v) is 5.39. The molecule has 1 atom stereocenters. The van der Waals surface area contributed by atoms with E-state index >= 15 is 0 Å². The summed E-state index contributed by atoms with van der Waals surface area (Å²) in [6, 6.07) is 0. The molecule has 1 saturated heterocycles. The number of piperidine rings is 1. The predicted octanol–water partition coefficient (Wildman–Crippen LogP) is 0.876. The van der Waals surface area contributed by atoms with Gasteiger partial charge in [0.25, 0.3) is 0 Å². The van der Waals surface area contributed by atoms with E-state index in [1.165, 1.54) is 10.5 Å². The Morgan fingerprint density at radius 3 is 3.15 bits per heavy atom. The molecule has 0 spiro atoms. The van der Waals surface area contributed by atoms with Crippen LogP contribution in [0.2, 0.25) is 0 Å². The quantitative estimate of drug-likeness (QED) is 0.811. The van der Waals surface area contributed by atoms with E-state index in [-0.39, 0.29) is 6.61 Å². The zero-order valence-electron chi connectivity index (χ0n) is 11.2. The molecular weight excluding hydrogens is 298 g/mol. The second-order valence-corrected chi connectivity index (χ2v) is 7.40. The molecule has 6 nitrogen and oxygen atoms in total. The van der Waals surface area contributed by atoms with Crippen LogP contribution >= 0.6 is 11.3 Å². The van der Waals surface area contributed by atoms with Crippen molar-refractivity contribution in [2.45, 2.75) is 19.8 Å². The first kappa shape index (κ1) is 15.3. The third-order valence-electron chi connectivity index (χ3n) is 2.97. The van der Waals surface area contributed by atoms with Crippen LogP contribution < -0.4 is 4.72 Å². The summed E-state index contributed by atoms with van der Waals surface area (Å²) in [6.45, 7) is 2.90. The van der Waals surface area contributed by atoms with Crippen molar-refractivity contribution in [1.29, 1.82) is 0 Å². The van der Waals surface area contributed by atoms with Crippen molar-refractivity contribution in [3.05, 3.63) is 11.1 Å². The Morgan fingerprint density at radius 1 is 1.65 bits per heavy atom. The van der Waals surface area contributed by atoms with Crippen molar-refractivity contribution < 1.29 is 13.5 Å². The fourth-order valence-electron chi connectivity index (χ4n) is 2.05. The summed E-state index contributed by atoms with van der Waals surface area (Å²) in [5, 5.41) is 8.90. The van der Waals surface area contributed by atoms with Gasteiger partial charge < -0.3 is 5.11 Å². The van der Waals surface area contributed by atoms with Crippen LogP contribution in [0.5, 0.6) is 0 Å². The Bertz CT molecular complexity index is 615. The van der Waals surface area contributed by atoms with Crippen LogP contribution in [-0.4, -0.2) is 42.5 Å². The Morgan fingerprint density at radius 2 is 2.45 bits per heavy atom. The van der Waals surface area contributed by atoms with E-state index in [2.05, 4.69) is 21.5 Å². The van der Waals surface area contributed by atoms with Crippen molar-refractivity contribution in [2.75, 3.05) is 24.4 Å². The number of thiazole rings is 1. The fourth-order valence-corrected chi connectivity index (χ4v) is 4.29. The summed E-state index contributed by atoms with van der Waals surface area (Å²) < 4.78 is 28.4. The molecule has 1 aliphatic rings. The van der Waals surface area contributed by atoms with Crippen LogP contribution in [0.15, 0.2) is 6.20 Å². The minimum absolute atomic E-state index is 0.232. The van der Waals surface area contributed by atoms with E-state index in [9.17, 15) is 8.42 Å². The lowest BCUT2D eigenvalue weighted by Gasteiger charge is -2.29. The van der Waals surface area contributed by atoms with Crippen LogP contribution in [0.4, 0.5) is 5.13 Å². The van der Waals surface area contributed by atoms with Gasteiger partial charge in [0.15, 0.2) is 5.13 Å². The fraction of sp³-hybridized carbons (Fsp3) is 0.583. The first-order chi connectivity index (χ1) is 9.51. The zero-order chi connectivity index (χ0) is 14.6. The zero-order valence-corrected chi connectivity index (χ0v) is 12.8. The maximum absolute atomic E-state index is 12.2. The van der Waals surface area contributed by atoms with Crippen molar-refractivity contribution >= 4 is 26.7 Å². The average Bonchev–Trinajstić information content (AvgIpc) is 2.83. The molecule has 1 unspecified atom stereocenters. The highest BCUT2D eigenvalue weighted by Crippen LogP contribution is 2.22. The average molecular weight is 315 g/mol. The van der Waals surface area contributed by atoms with Crippen LogP contribution in [0.3, 0.4) is 0 Å². The molecule has 0 saturated carbocycles. The third kappa shape index (κ3) is 3.93. The number of aliphatic hydroxyl groups excluding tert-OH is 1. The van der Waals surface area contributed by atoms with Gasteiger partial charge in [0.2, 0.25) is 0 Å². The monoisotopic (exact) mass is 315 g/mol. The van der Waals surface area contributed by atoms with E-state index < -0.39 is 10.2 Å². The number of nitrogens with zero attached hydrogens (tertiary/aromatic N) is 2. The number of hydrogen-bond donors (Lipinski definition) is 2. The first-order valence-corrected chi connectivity index (χ1v) is 8.60. The molecule has 2 heterocycles. The van der Waals surface area contributed by atoms with Gasteiger partial charge >= 0.3 is 10.2 Å². The summed E-state index contributed by atoms with van der Waals surface area (Å²) >= 11 is 1.15. The standard InChI is InChI=1S/C12H17N3O3S2/c1-10-4-2-6-15(9-10)20(17,18)14-12-13-8-11(19-12)5-3-7-16/h8,10,16H,2,4,6-7,9H2,1H3,(H,13,14). The molecule has 0 radical (unpaired) electrons. The van der Waals surface area contributed by atoms with Gasteiger partial charge in [-0.1, -0.05) is 30.1 Å². The van der Waals surface area contributed by atoms with Gasteiger partial charge in [-0.2, -0.15) is 12.7 Å². The Balaban J connectivity index is 2.06. The van der Waals surface area contributed by atoms with Gasteiger partial charge in [0.05, 0.1) is 11.1 Å². The highest BCUT2D eigenvalue weighted by atomic mass is 32.2. The van der Waals surface area contributed by atoms with Gasteiger partial charge in [-0.3, -0.25) is 0 Å². The highest BCUT2D eigenvalue weighted by molar-refractivity contribution is 7.90. The van der Waals surface area contributed by atoms with E-state index in [1.54, 1.807) is 0 Å². The molecule has 0 bridgehead atoms. The minimum Gasteiger partial charge on any atom is -0.384 e. The normalized spacial score (nSPS) is 20.2. The second-order valence-electron chi connectivity index (χ2n) is 4.70. The van der Waals surface area contributed by atoms with Crippen LogP contribution in [0.1, 0.15) is 24.6 Å². The molecule has 1 fully saturated rings. The van der Waals surface area contributed by atoms with E-state index in [4.69, 9.17) is 5.11 Å². The second kappa shape index (κ2) is 6.54. The molecule has 2 rings (SSSR count). The SMILES string of the molecule is CC1CCCN(S(=O)(=O)Nc2ncc(C#CCO)s2)C1. The maximum atomic E-state index is 12.2. The highest BCUT2D eigenvalue weighted by Gasteiger charge is 2.27. The van der Waals surface area contributed by atoms with Crippen molar-refractivity contribution in [3.63, 3.8) is 0 Å². The van der Waals surface area contributed by atoms with Crippen LogP contribution in [-0.2, 0) is 10.2 Å². The van der Waals surface area contributed by atoms with Crippen molar-refractivity contribution in [3.8, 4) is 11.8 Å². The lowest BCUT2D eigenvalue weighted by atomic mass is 10.0. The molecule has 1 aromatic rings. The molecule has 1 aromatic heterocycles. The van der Waals surface area contributed by atoms with Gasteiger partial charge in [0, 0.05) is 13.1 Å². The summed E-state index contributed by atoms with van der Waals surface area (Å²) in [7, 11) is -3.54. The number of rotatable bonds is 3. The van der Waals surface area contributed by atoms with Crippen molar-refractivity contribution in [2.24, 2.45) is 5.92 Å². The topological polar surface area (TPSA) is 82.5 Å². The first-order valence-electron chi connectivity index (χ1n) is 6.34. The number of anilines is 1. The van der Waals surface area contributed by atoms with Crippen LogP contribution in [0.25, 0.3) is 0 Å². The van der Waals surface area contributed by atoms with Gasteiger partial charge in [0.1, 0.15) is 6.61 Å². The van der Waals surface area contributed by atoms with Gasteiger partial charge in [-0.05, 0) is 18.8 Å². The smallest absolute Gasteiger partial charge is 0.303 e. The van der Waals surface area contributed by atoms with Crippen LogP contribution in [0, 0.1) is 17.8 Å². The molecule has 20 heavy (non-hydrogen) atoms. The molecule has 2 N–H and O–H groups in total. The minimum atomic E-state index is -3.54. The number of aliphatic hydroxyl groups is 1. The lowest BCUT2D eigenvalue weighted by Crippen LogP contribution is -2.42. The molecule has 1 aliphatic heterocycles. The molecule has 8 heteroatoms. The maximum Gasteiger partial charge on any atom is 0.303 e. The lowest BCUT2D eigenvalue weighted by molar-refractivity contribution is 0.282. The molecular formula is C12H17N3O3S2. The van der Waals surface area contributed by atoms with Gasteiger partial charge in [-0.25, -0.2) is 9.71 Å². The van der Waals surface area contributed by atoms with Crippen molar-refractivity contribution in [1.82, 2.24) is 9.29 Å². The van der Waals surface area contributed by atoms with E-state index in [1.807, 2.05) is 6.92 Å². The summed E-state index contributed by atoms with van der Waals surface area (Å²) in [5.41, 5.74) is 0. The Kier molecular flexibility index (Phi) is 4.99. The van der Waals surface area contributed by atoms with E-state index in [0.29, 0.717) is 29.0 Å². The molecule has 0 aromatic carbocycles. The summed E-state index contributed by atoms with van der Waals surface area (Å²) in [6.07, 6.45) is 3.43.